The Kier molecular flexibility index (Phi) is 5.39. The summed E-state index contributed by atoms with van der Waals surface area (Å²) >= 11 is 0. The molecule has 0 saturated heterocycles. The molecule has 0 heterocycles. The van der Waals surface area contributed by atoms with Crippen LogP contribution in [0.1, 0.15) is 22.8 Å². The first kappa shape index (κ1) is 17.1. The molecule has 21 heavy (non-hydrogen) atoms. The lowest BCUT2D eigenvalue weighted by atomic mass is 10.1. The molecule has 0 aliphatic carbocycles. The van der Waals surface area contributed by atoms with Crippen LogP contribution in [0.15, 0.2) is 17.0 Å². The predicted octanol–water partition coefficient (Wildman–Crippen LogP) is 0.247. The number of carboxylic acids is 1. The van der Waals surface area contributed by atoms with Gasteiger partial charge in [-0.15, -0.1) is 0 Å². The number of hydrogen-bond acceptors (Lipinski definition) is 4. The Labute approximate surface area is 121 Å². The van der Waals surface area contributed by atoms with Gasteiger partial charge in [0.2, 0.25) is 15.9 Å². The molecule has 1 aromatic carbocycles. The van der Waals surface area contributed by atoms with Gasteiger partial charge in [-0.25, -0.2) is 22.3 Å². The van der Waals surface area contributed by atoms with Crippen LogP contribution in [0.3, 0.4) is 0 Å². The minimum absolute atomic E-state index is 0.219. The van der Waals surface area contributed by atoms with Gasteiger partial charge in [0.25, 0.3) is 0 Å². The molecule has 0 spiro atoms. The standard InChI is InChI=1S/C12H15FN2O5S/c1-3-14-11(16)6-15-21(19,20)10-5-8(12(17)18)4-9(13)7(10)2/h4-5,15H,3,6H2,1-2H3,(H,14,16)(H,17,18). The monoisotopic (exact) mass is 318 g/mol. The average Bonchev–Trinajstić information content (AvgIpc) is 2.39. The van der Waals surface area contributed by atoms with Crippen molar-refractivity contribution in [2.24, 2.45) is 0 Å². The van der Waals surface area contributed by atoms with Gasteiger partial charge in [0, 0.05) is 12.1 Å². The Hall–Kier alpha value is -2.00. The van der Waals surface area contributed by atoms with Crippen molar-refractivity contribution in [2.75, 3.05) is 13.1 Å². The van der Waals surface area contributed by atoms with E-state index in [1.807, 2.05) is 4.72 Å². The van der Waals surface area contributed by atoms with Gasteiger partial charge in [0.1, 0.15) is 5.82 Å². The van der Waals surface area contributed by atoms with Crippen molar-refractivity contribution < 1.29 is 27.5 Å². The normalized spacial score (nSPS) is 11.2. The summed E-state index contributed by atoms with van der Waals surface area (Å²) in [4.78, 5) is 21.6. The van der Waals surface area contributed by atoms with Crippen LogP contribution in [0.4, 0.5) is 4.39 Å². The quantitative estimate of drug-likeness (QED) is 0.696. The second-order valence-electron chi connectivity index (χ2n) is 4.16. The summed E-state index contributed by atoms with van der Waals surface area (Å²) in [6, 6.07) is 1.58. The fourth-order valence-electron chi connectivity index (χ4n) is 1.55. The molecule has 1 amide bonds. The van der Waals surface area contributed by atoms with E-state index in [9.17, 15) is 22.4 Å². The van der Waals surface area contributed by atoms with Gasteiger partial charge < -0.3 is 10.4 Å². The summed E-state index contributed by atoms with van der Waals surface area (Å²) in [5.41, 5.74) is -0.708. The van der Waals surface area contributed by atoms with Gasteiger partial charge in [0.05, 0.1) is 17.0 Å². The second-order valence-corrected chi connectivity index (χ2v) is 5.90. The molecule has 1 rings (SSSR count). The lowest BCUT2D eigenvalue weighted by Crippen LogP contribution is -2.37. The Morgan fingerprint density at radius 3 is 2.48 bits per heavy atom. The summed E-state index contributed by atoms with van der Waals surface area (Å²) in [7, 11) is -4.20. The van der Waals surface area contributed by atoms with Crippen LogP contribution in [0.25, 0.3) is 0 Å². The van der Waals surface area contributed by atoms with E-state index in [1.165, 1.54) is 6.92 Å². The summed E-state index contributed by atoms with van der Waals surface area (Å²) in [6.45, 7) is 2.70. The van der Waals surface area contributed by atoms with Crippen molar-refractivity contribution in [3.8, 4) is 0 Å². The van der Waals surface area contributed by atoms with Crippen LogP contribution in [0, 0.1) is 12.7 Å². The minimum atomic E-state index is -4.20. The van der Waals surface area contributed by atoms with Gasteiger partial charge in [-0.1, -0.05) is 0 Å². The van der Waals surface area contributed by atoms with Crippen LogP contribution in [-0.4, -0.2) is 38.5 Å². The Morgan fingerprint density at radius 1 is 1.33 bits per heavy atom. The molecule has 0 atom stereocenters. The smallest absolute Gasteiger partial charge is 0.335 e. The van der Waals surface area contributed by atoms with Crippen LogP contribution in [0.2, 0.25) is 0 Å². The highest BCUT2D eigenvalue weighted by molar-refractivity contribution is 7.89. The topological polar surface area (TPSA) is 113 Å². The average molecular weight is 318 g/mol. The van der Waals surface area contributed by atoms with Crippen LogP contribution in [-0.2, 0) is 14.8 Å². The highest BCUT2D eigenvalue weighted by Crippen LogP contribution is 2.20. The van der Waals surface area contributed by atoms with Gasteiger partial charge in [-0.3, -0.25) is 4.79 Å². The molecule has 0 saturated carbocycles. The first-order valence-electron chi connectivity index (χ1n) is 5.98. The largest absolute Gasteiger partial charge is 0.478 e. The zero-order chi connectivity index (χ0) is 16.2. The van der Waals surface area contributed by atoms with E-state index in [2.05, 4.69) is 5.32 Å². The first-order chi connectivity index (χ1) is 9.69. The lowest BCUT2D eigenvalue weighted by Gasteiger charge is -2.11. The Morgan fingerprint density at radius 2 is 1.95 bits per heavy atom. The molecule has 0 aliphatic rings. The van der Waals surface area contributed by atoms with E-state index in [1.54, 1.807) is 6.92 Å². The van der Waals surface area contributed by atoms with Crippen LogP contribution < -0.4 is 10.0 Å². The number of likely N-dealkylation sites (N-methyl/N-ethyl adjacent to an activating group) is 1. The molecular weight excluding hydrogens is 303 g/mol. The molecule has 0 aromatic heterocycles. The molecule has 0 bridgehead atoms. The number of carbonyl (C=O) groups is 2. The second kappa shape index (κ2) is 6.64. The third-order valence-corrected chi connectivity index (χ3v) is 4.16. The maximum absolute atomic E-state index is 13.6. The highest BCUT2D eigenvalue weighted by atomic mass is 32.2. The number of rotatable bonds is 6. The summed E-state index contributed by atoms with van der Waals surface area (Å²) in [5, 5.41) is 11.2. The number of amides is 1. The van der Waals surface area contributed by atoms with Crippen molar-refractivity contribution in [1.82, 2.24) is 10.0 Å². The van der Waals surface area contributed by atoms with E-state index < -0.39 is 44.7 Å². The molecule has 0 unspecified atom stereocenters. The van der Waals surface area contributed by atoms with Gasteiger partial charge in [-0.2, -0.15) is 0 Å². The summed E-state index contributed by atoms with van der Waals surface area (Å²) in [5.74, 6) is -2.95. The third kappa shape index (κ3) is 4.23. The fourth-order valence-corrected chi connectivity index (χ4v) is 2.81. The fraction of sp³-hybridized carbons (Fsp3) is 0.333. The molecule has 0 radical (unpaired) electrons. The maximum atomic E-state index is 13.6. The van der Waals surface area contributed by atoms with E-state index in [4.69, 9.17) is 5.11 Å². The molecular formula is C12H15FN2O5S. The van der Waals surface area contributed by atoms with E-state index in [-0.39, 0.29) is 5.56 Å². The molecule has 0 fully saturated rings. The Balaban J connectivity index is 3.13. The van der Waals surface area contributed by atoms with Crippen molar-refractivity contribution in [3.63, 3.8) is 0 Å². The van der Waals surface area contributed by atoms with E-state index in [0.717, 1.165) is 12.1 Å². The number of hydrogen-bond donors (Lipinski definition) is 3. The van der Waals surface area contributed by atoms with Crippen LogP contribution in [0.5, 0.6) is 0 Å². The zero-order valence-corrected chi connectivity index (χ0v) is 12.3. The zero-order valence-electron chi connectivity index (χ0n) is 11.4. The summed E-state index contributed by atoms with van der Waals surface area (Å²) < 4.78 is 39.7. The molecule has 1 aromatic rings. The number of carbonyl (C=O) groups excluding carboxylic acids is 1. The number of nitrogens with one attached hydrogen (secondary N) is 2. The maximum Gasteiger partial charge on any atom is 0.335 e. The molecule has 116 valence electrons. The van der Waals surface area contributed by atoms with Gasteiger partial charge in [-0.05, 0) is 26.0 Å². The molecule has 3 N–H and O–H groups in total. The van der Waals surface area contributed by atoms with E-state index in [0.29, 0.717) is 6.54 Å². The number of aromatic carboxylic acids is 1. The molecule has 7 nitrogen and oxygen atoms in total. The SMILES string of the molecule is CCNC(=O)CNS(=O)(=O)c1cc(C(=O)O)cc(F)c1C. The van der Waals surface area contributed by atoms with Crippen molar-refractivity contribution in [3.05, 3.63) is 29.1 Å². The van der Waals surface area contributed by atoms with Crippen LogP contribution >= 0.6 is 0 Å². The molecule has 0 aliphatic heterocycles. The third-order valence-electron chi connectivity index (χ3n) is 2.63. The minimum Gasteiger partial charge on any atom is -0.478 e. The lowest BCUT2D eigenvalue weighted by molar-refractivity contribution is -0.119. The van der Waals surface area contributed by atoms with Crippen molar-refractivity contribution in [2.45, 2.75) is 18.7 Å². The Bertz CT molecular complexity index is 672. The van der Waals surface area contributed by atoms with Gasteiger partial charge in [0.15, 0.2) is 0 Å². The summed E-state index contributed by atoms with van der Waals surface area (Å²) in [6.07, 6.45) is 0. The predicted molar refractivity (Wildman–Crippen MR) is 72.0 cm³/mol. The number of sulfonamides is 1. The molecule has 9 heteroatoms. The van der Waals surface area contributed by atoms with Gasteiger partial charge >= 0.3 is 5.97 Å². The first-order valence-corrected chi connectivity index (χ1v) is 7.47. The number of benzene rings is 1. The van der Waals surface area contributed by atoms with E-state index >= 15 is 0 Å². The number of carboxylic acid groups (broad SMARTS) is 1. The van der Waals surface area contributed by atoms with Crippen molar-refractivity contribution in [1.29, 1.82) is 0 Å². The number of halogens is 1. The van der Waals surface area contributed by atoms with Crippen molar-refractivity contribution >= 4 is 21.9 Å². The highest BCUT2D eigenvalue weighted by Gasteiger charge is 2.22.